The number of sulfone groups is 1. The van der Waals surface area contributed by atoms with Gasteiger partial charge in [-0.2, -0.15) is 13.2 Å². The van der Waals surface area contributed by atoms with Crippen LogP contribution in [0.25, 0.3) is 0 Å². The van der Waals surface area contributed by atoms with Crippen molar-refractivity contribution in [2.24, 2.45) is 0 Å². The molecule has 0 spiro atoms. The topological polar surface area (TPSA) is 72.5 Å². The van der Waals surface area contributed by atoms with Crippen molar-refractivity contribution < 1.29 is 35.5 Å². The van der Waals surface area contributed by atoms with Crippen molar-refractivity contribution in [2.45, 2.75) is 23.2 Å². The number of amides is 1. The Morgan fingerprint density at radius 2 is 1.85 bits per heavy atom. The normalized spacial score (nSPS) is 11.9. The number of nitrogens with one attached hydrogen (secondary N) is 1. The van der Waals surface area contributed by atoms with Crippen LogP contribution in [0.3, 0.4) is 0 Å². The van der Waals surface area contributed by atoms with E-state index in [1.165, 1.54) is 25.3 Å². The second-order valence-corrected chi connectivity index (χ2v) is 7.43. The van der Waals surface area contributed by atoms with Crippen LogP contribution in [0.1, 0.15) is 12.0 Å². The second-order valence-electron chi connectivity index (χ2n) is 5.49. The Labute approximate surface area is 152 Å². The van der Waals surface area contributed by atoms with Crippen LogP contribution in [0.15, 0.2) is 47.4 Å². The molecule has 1 amide bonds. The third-order valence-electron chi connectivity index (χ3n) is 3.59. The van der Waals surface area contributed by atoms with Gasteiger partial charge in [-0.3, -0.25) is 4.79 Å². The smallest absolute Gasteiger partial charge is 0.495 e. The second kappa shape index (κ2) is 7.95. The number of benzene rings is 2. The van der Waals surface area contributed by atoms with Crippen LogP contribution in [0, 0.1) is 5.82 Å². The molecule has 0 saturated carbocycles. The van der Waals surface area contributed by atoms with Gasteiger partial charge < -0.3 is 10.1 Å². The summed E-state index contributed by atoms with van der Waals surface area (Å²) in [5.41, 5.74) is -5.13. The molecule has 10 heteroatoms. The van der Waals surface area contributed by atoms with Gasteiger partial charge in [0, 0.05) is 6.42 Å². The van der Waals surface area contributed by atoms with Crippen molar-refractivity contribution in [3.63, 3.8) is 0 Å². The van der Waals surface area contributed by atoms with E-state index in [0.717, 1.165) is 12.1 Å². The third-order valence-corrected chi connectivity index (χ3v) is 5.07. The Morgan fingerprint density at radius 3 is 2.44 bits per heavy atom. The average molecular weight is 405 g/mol. The lowest BCUT2D eigenvalue weighted by Gasteiger charge is -2.13. The molecule has 2 aromatic carbocycles. The molecule has 0 radical (unpaired) electrons. The van der Waals surface area contributed by atoms with Crippen LogP contribution in [-0.4, -0.2) is 26.9 Å². The van der Waals surface area contributed by atoms with E-state index >= 15 is 0 Å². The van der Waals surface area contributed by atoms with Gasteiger partial charge in [-0.1, -0.05) is 12.1 Å². The SMILES string of the molecule is COc1ccc(S(=O)(=O)C(F)(F)F)cc1NC(=O)CCc1cccc(F)c1. The largest absolute Gasteiger partial charge is 0.501 e. The van der Waals surface area contributed by atoms with E-state index in [2.05, 4.69) is 5.32 Å². The van der Waals surface area contributed by atoms with Gasteiger partial charge in [0.1, 0.15) is 11.6 Å². The fourth-order valence-electron chi connectivity index (χ4n) is 2.25. The monoisotopic (exact) mass is 405 g/mol. The van der Waals surface area contributed by atoms with Crippen LogP contribution in [0.4, 0.5) is 23.2 Å². The van der Waals surface area contributed by atoms with Crippen LogP contribution < -0.4 is 10.1 Å². The van der Waals surface area contributed by atoms with E-state index in [0.29, 0.717) is 11.6 Å². The summed E-state index contributed by atoms with van der Waals surface area (Å²) in [6.07, 6.45) is 0.0926. The van der Waals surface area contributed by atoms with Crippen molar-refractivity contribution in [1.82, 2.24) is 0 Å². The third kappa shape index (κ3) is 4.97. The highest BCUT2D eigenvalue weighted by Crippen LogP contribution is 2.34. The molecule has 0 fully saturated rings. The number of ether oxygens (including phenoxy) is 1. The lowest BCUT2D eigenvalue weighted by molar-refractivity contribution is -0.116. The zero-order valence-electron chi connectivity index (χ0n) is 14.0. The number of anilines is 1. The summed E-state index contributed by atoms with van der Waals surface area (Å²) in [4.78, 5) is 11.0. The molecular formula is C17H15F4NO4S. The molecule has 5 nitrogen and oxygen atoms in total. The van der Waals surface area contributed by atoms with Gasteiger partial charge in [-0.05, 0) is 42.3 Å². The van der Waals surface area contributed by atoms with Crippen molar-refractivity contribution in [2.75, 3.05) is 12.4 Å². The number of carbonyl (C=O) groups is 1. The van der Waals surface area contributed by atoms with E-state index in [9.17, 15) is 30.8 Å². The van der Waals surface area contributed by atoms with Gasteiger partial charge in [-0.25, -0.2) is 12.8 Å². The first-order valence-electron chi connectivity index (χ1n) is 7.58. The summed E-state index contributed by atoms with van der Waals surface area (Å²) in [6.45, 7) is 0. The maximum absolute atomic E-state index is 13.1. The molecule has 0 aliphatic carbocycles. The summed E-state index contributed by atoms with van der Waals surface area (Å²) >= 11 is 0. The molecule has 2 rings (SSSR count). The van der Waals surface area contributed by atoms with Crippen molar-refractivity contribution in [3.8, 4) is 5.75 Å². The van der Waals surface area contributed by atoms with Crippen molar-refractivity contribution in [3.05, 3.63) is 53.8 Å². The standard InChI is InChI=1S/C17H15F4NO4S/c1-26-15-7-6-13(27(24,25)17(19,20)21)10-14(15)22-16(23)8-5-11-3-2-4-12(18)9-11/h2-4,6-7,9-10H,5,8H2,1H3,(H,22,23). The molecule has 0 unspecified atom stereocenters. The number of rotatable bonds is 6. The van der Waals surface area contributed by atoms with Crippen molar-refractivity contribution in [1.29, 1.82) is 0 Å². The average Bonchev–Trinajstić information content (AvgIpc) is 2.59. The highest BCUT2D eigenvalue weighted by atomic mass is 32.2. The first kappa shape index (κ1) is 20.7. The quantitative estimate of drug-likeness (QED) is 0.744. The van der Waals surface area contributed by atoms with Gasteiger partial charge in [0.15, 0.2) is 0 Å². The van der Waals surface area contributed by atoms with Crippen LogP contribution in [0.2, 0.25) is 0 Å². The first-order valence-corrected chi connectivity index (χ1v) is 9.06. The highest BCUT2D eigenvalue weighted by Gasteiger charge is 2.47. The summed E-state index contributed by atoms with van der Waals surface area (Å²) in [6, 6.07) is 8.04. The van der Waals surface area contributed by atoms with Gasteiger partial charge in [-0.15, -0.1) is 0 Å². The predicted octanol–water partition coefficient (Wildman–Crippen LogP) is 3.70. The molecule has 146 valence electrons. The number of hydrogen-bond acceptors (Lipinski definition) is 4. The molecule has 2 aromatic rings. The molecule has 27 heavy (non-hydrogen) atoms. The fraction of sp³-hybridized carbons (Fsp3) is 0.235. The van der Waals surface area contributed by atoms with E-state index < -0.39 is 32.0 Å². The minimum absolute atomic E-state index is 0.00442. The Bertz CT molecular complexity index is 942. The maximum atomic E-state index is 13.1. The van der Waals surface area contributed by atoms with E-state index in [1.807, 2.05) is 0 Å². The van der Waals surface area contributed by atoms with Crippen molar-refractivity contribution >= 4 is 21.4 Å². The molecule has 0 aromatic heterocycles. The molecule has 0 saturated heterocycles. The van der Waals surface area contributed by atoms with E-state index in [-0.39, 0.29) is 24.3 Å². The molecule has 0 aliphatic heterocycles. The lowest BCUT2D eigenvalue weighted by Crippen LogP contribution is -2.23. The Hall–Kier alpha value is -2.62. The van der Waals surface area contributed by atoms with Gasteiger partial charge in [0.05, 0.1) is 17.7 Å². The van der Waals surface area contributed by atoms with E-state index in [1.54, 1.807) is 6.07 Å². The van der Waals surface area contributed by atoms with E-state index in [4.69, 9.17) is 4.74 Å². The molecule has 0 atom stereocenters. The highest BCUT2D eigenvalue weighted by molar-refractivity contribution is 7.92. The van der Waals surface area contributed by atoms with Crippen LogP contribution in [-0.2, 0) is 21.1 Å². The molecular weight excluding hydrogens is 390 g/mol. The summed E-state index contributed by atoms with van der Waals surface area (Å²) in [5.74, 6) is -1.06. The van der Waals surface area contributed by atoms with Gasteiger partial charge in [0.25, 0.3) is 9.84 Å². The number of methoxy groups -OCH3 is 1. The Kier molecular flexibility index (Phi) is 6.09. The zero-order valence-corrected chi connectivity index (χ0v) is 14.8. The molecule has 0 aliphatic rings. The maximum Gasteiger partial charge on any atom is 0.501 e. The number of halogens is 4. The Morgan fingerprint density at radius 1 is 1.15 bits per heavy atom. The van der Waals surface area contributed by atoms with Gasteiger partial charge >= 0.3 is 5.51 Å². The van der Waals surface area contributed by atoms with Crippen LogP contribution in [0.5, 0.6) is 5.75 Å². The fourth-order valence-corrected chi connectivity index (χ4v) is 3.04. The summed E-state index contributed by atoms with van der Waals surface area (Å²) < 4.78 is 79.2. The minimum Gasteiger partial charge on any atom is -0.495 e. The zero-order chi connectivity index (χ0) is 20.2. The van der Waals surface area contributed by atoms with Crippen LogP contribution >= 0.6 is 0 Å². The number of hydrogen-bond donors (Lipinski definition) is 1. The number of aryl methyl sites for hydroxylation is 1. The first-order chi connectivity index (χ1) is 12.5. The minimum atomic E-state index is -5.57. The van der Waals surface area contributed by atoms with Gasteiger partial charge in [0.2, 0.25) is 5.91 Å². The molecule has 1 N–H and O–H groups in total. The summed E-state index contributed by atoms with van der Waals surface area (Å²) in [7, 11) is -4.35. The Balaban J connectivity index is 2.19. The molecule has 0 bridgehead atoms. The number of alkyl halides is 3. The lowest BCUT2D eigenvalue weighted by atomic mass is 10.1. The number of carbonyl (C=O) groups excluding carboxylic acids is 1. The summed E-state index contributed by atoms with van der Waals surface area (Å²) in [5, 5.41) is 2.32. The predicted molar refractivity (Wildman–Crippen MR) is 89.6 cm³/mol. The molecule has 0 heterocycles.